The predicted molar refractivity (Wildman–Crippen MR) is 95.0 cm³/mol. The van der Waals surface area contributed by atoms with Gasteiger partial charge in [0.15, 0.2) is 5.82 Å². The first-order chi connectivity index (χ1) is 12.0. The van der Waals surface area contributed by atoms with Crippen LogP contribution in [0.1, 0.15) is 41.6 Å². The zero-order chi connectivity index (χ0) is 17.8. The molecule has 0 aliphatic carbocycles. The molecule has 0 saturated heterocycles. The monoisotopic (exact) mass is 337 g/mol. The maximum Gasteiger partial charge on any atom is 0.275 e. The van der Waals surface area contributed by atoms with E-state index in [1.165, 1.54) is 11.9 Å². The third-order valence-electron chi connectivity index (χ3n) is 3.62. The van der Waals surface area contributed by atoms with Crippen LogP contribution in [0, 0.1) is 6.92 Å². The van der Waals surface area contributed by atoms with Crippen LogP contribution in [0.5, 0.6) is 0 Å². The number of aromatic nitrogens is 3. The second kappa shape index (κ2) is 7.12. The van der Waals surface area contributed by atoms with Crippen LogP contribution in [-0.2, 0) is 0 Å². The van der Waals surface area contributed by atoms with E-state index < -0.39 is 0 Å². The predicted octanol–water partition coefficient (Wildman–Crippen LogP) is 3.89. The number of nitrogens with one attached hydrogen (secondary N) is 2. The summed E-state index contributed by atoms with van der Waals surface area (Å²) < 4.78 is 4.92. The molecule has 3 rings (SSSR count). The van der Waals surface area contributed by atoms with Crippen molar-refractivity contribution in [3.8, 4) is 0 Å². The van der Waals surface area contributed by atoms with Gasteiger partial charge < -0.3 is 15.2 Å². The Morgan fingerprint density at radius 2 is 1.84 bits per heavy atom. The van der Waals surface area contributed by atoms with Crippen LogP contribution in [0.3, 0.4) is 0 Å². The molecule has 0 saturated carbocycles. The highest BCUT2D eigenvalue weighted by molar-refractivity contribution is 6.02. The minimum absolute atomic E-state index is 0.233. The van der Waals surface area contributed by atoms with E-state index in [4.69, 9.17) is 4.52 Å². The van der Waals surface area contributed by atoms with E-state index in [9.17, 15) is 4.79 Å². The number of hydrogen-bond donors (Lipinski definition) is 2. The molecule has 0 spiro atoms. The van der Waals surface area contributed by atoms with Crippen molar-refractivity contribution in [2.45, 2.75) is 26.7 Å². The molecule has 0 aliphatic heterocycles. The molecule has 2 N–H and O–H groups in total. The molecular weight excluding hydrogens is 318 g/mol. The van der Waals surface area contributed by atoms with Crippen LogP contribution in [0.4, 0.5) is 17.3 Å². The van der Waals surface area contributed by atoms with E-state index in [0.29, 0.717) is 23.3 Å². The van der Waals surface area contributed by atoms with E-state index >= 15 is 0 Å². The summed E-state index contributed by atoms with van der Waals surface area (Å²) in [6.07, 6.45) is 1.34. The van der Waals surface area contributed by atoms with Gasteiger partial charge in [-0.15, -0.1) is 0 Å². The van der Waals surface area contributed by atoms with Crippen molar-refractivity contribution in [2.75, 3.05) is 10.6 Å². The molecule has 1 aromatic carbocycles. The minimum atomic E-state index is -0.381. The maximum atomic E-state index is 12.2. The standard InChI is InChI=1S/C18H19N5O2/c1-11(2)13-4-6-14(7-5-13)21-16-9-15(19-10-20-16)18(24)22-17-8-12(3)25-23-17/h4-11H,1-3H3,(H,19,20,21)(H,22,23,24). The summed E-state index contributed by atoms with van der Waals surface area (Å²) >= 11 is 0. The Labute approximate surface area is 145 Å². The number of carbonyl (C=O) groups is 1. The highest BCUT2D eigenvalue weighted by Crippen LogP contribution is 2.20. The van der Waals surface area contributed by atoms with Crippen molar-refractivity contribution in [2.24, 2.45) is 0 Å². The number of amides is 1. The van der Waals surface area contributed by atoms with Crippen molar-refractivity contribution in [3.63, 3.8) is 0 Å². The zero-order valence-electron chi connectivity index (χ0n) is 14.3. The van der Waals surface area contributed by atoms with E-state index in [-0.39, 0.29) is 11.6 Å². The Kier molecular flexibility index (Phi) is 4.74. The zero-order valence-corrected chi connectivity index (χ0v) is 14.3. The van der Waals surface area contributed by atoms with Crippen LogP contribution >= 0.6 is 0 Å². The fourth-order valence-corrected chi connectivity index (χ4v) is 2.25. The molecule has 25 heavy (non-hydrogen) atoms. The summed E-state index contributed by atoms with van der Waals surface area (Å²) in [4.78, 5) is 20.4. The third-order valence-corrected chi connectivity index (χ3v) is 3.62. The summed E-state index contributed by atoms with van der Waals surface area (Å²) in [5.41, 5.74) is 2.38. The highest BCUT2D eigenvalue weighted by Gasteiger charge is 2.11. The van der Waals surface area contributed by atoms with E-state index in [1.54, 1.807) is 19.1 Å². The van der Waals surface area contributed by atoms with Crippen molar-refractivity contribution in [3.05, 3.63) is 59.7 Å². The van der Waals surface area contributed by atoms with Gasteiger partial charge in [-0.25, -0.2) is 9.97 Å². The smallest absolute Gasteiger partial charge is 0.275 e. The van der Waals surface area contributed by atoms with Gasteiger partial charge in [-0.2, -0.15) is 0 Å². The van der Waals surface area contributed by atoms with Crippen LogP contribution in [0.15, 0.2) is 47.2 Å². The van der Waals surface area contributed by atoms with Crippen molar-refractivity contribution >= 4 is 23.2 Å². The van der Waals surface area contributed by atoms with Gasteiger partial charge in [0.25, 0.3) is 5.91 Å². The summed E-state index contributed by atoms with van der Waals surface area (Å²) in [6.45, 7) is 6.04. The molecule has 7 nitrogen and oxygen atoms in total. The first kappa shape index (κ1) is 16.6. The number of nitrogens with zero attached hydrogens (tertiary/aromatic N) is 3. The molecule has 3 aromatic rings. The lowest BCUT2D eigenvalue weighted by molar-refractivity contribution is 0.102. The van der Waals surface area contributed by atoms with Gasteiger partial charge in [0.05, 0.1) is 0 Å². The number of rotatable bonds is 5. The Morgan fingerprint density at radius 3 is 2.48 bits per heavy atom. The number of aryl methyl sites for hydroxylation is 1. The Hall–Kier alpha value is -3.22. The van der Waals surface area contributed by atoms with E-state index in [2.05, 4.69) is 51.7 Å². The van der Waals surface area contributed by atoms with E-state index in [1.807, 2.05) is 12.1 Å². The maximum absolute atomic E-state index is 12.2. The number of hydrogen-bond acceptors (Lipinski definition) is 6. The van der Waals surface area contributed by atoms with Crippen LogP contribution in [-0.4, -0.2) is 21.0 Å². The van der Waals surface area contributed by atoms with Crippen molar-refractivity contribution < 1.29 is 9.32 Å². The molecule has 0 atom stereocenters. The molecule has 128 valence electrons. The summed E-state index contributed by atoms with van der Waals surface area (Å²) in [6, 6.07) is 11.3. The van der Waals surface area contributed by atoms with Crippen LogP contribution < -0.4 is 10.6 Å². The van der Waals surface area contributed by atoms with Crippen molar-refractivity contribution in [1.29, 1.82) is 0 Å². The molecule has 7 heteroatoms. The molecule has 0 fully saturated rings. The number of carbonyl (C=O) groups excluding carboxylic acids is 1. The number of anilines is 3. The fraction of sp³-hybridized carbons (Fsp3) is 0.222. The largest absolute Gasteiger partial charge is 0.360 e. The molecule has 0 bridgehead atoms. The Balaban J connectivity index is 1.71. The third kappa shape index (κ3) is 4.20. The van der Waals surface area contributed by atoms with Gasteiger partial charge in [0, 0.05) is 17.8 Å². The lowest BCUT2D eigenvalue weighted by Gasteiger charge is -2.09. The molecule has 2 aromatic heterocycles. The van der Waals surface area contributed by atoms with Crippen LogP contribution in [0.2, 0.25) is 0 Å². The quantitative estimate of drug-likeness (QED) is 0.733. The molecule has 0 unspecified atom stereocenters. The van der Waals surface area contributed by atoms with Gasteiger partial charge >= 0.3 is 0 Å². The lowest BCUT2D eigenvalue weighted by Crippen LogP contribution is -2.14. The molecule has 2 heterocycles. The van der Waals surface area contributed by atoms with E-state index in [0.717, 1.165) is 5.69 Å². The highest BCUT2D eigenvalue weighted by atomic mass is 16.5. The summed E-state index contributed by atoms with van der Waals surface area (Å²) in [5.74, 6) is 1.59. The Morgan fingerprint density at radius 1 is 1.08 bits per heavy atom. The SMILES string of the molecule is Cc1cc(NC(=O)c2cc(Nc3ccc(C(C)C)cc3)ncn2)no1. The first-order valence-electron chi connectivity index (χ1n) is 7.95. The van der Waals surface area contributed by atoms with Gasteiger partial charge in [-0.3, -0.25) is 4.79 Å². The second-order valence-corrected chi connectivity index (χ2v) is 5.97. The summed E-state index contributed by atoms with van der Waals surface area (Å²) in [5, 5.41) is 9.52. The topological polar surface area (TPSA) is 92.9 Å². The molecule has 0 radical (unpaired) electrons. The first-order valence-corrected chi connectivity index (χ1v) is 7.95. The Bertz CT molecular complexity index is 871. The molecule has 1 amide bonds. The van der Waals surface area contributed by atoms with Gasteiger partial charge in [0.2, 0.25) is 0 Å². The second-order valence-electron chi connectivity index (χ2n) is 5.97. The average Bonchev–Trinajstić information content (AvgIpc) is 3.00. The van der Waals surface area contributed by atoms with Gasteiger partial charge in [0.1, 0.15) is 23.6 Å². The normalized spacial score (nSPS) is 10.7. The minimum Gasteiger partial charge on any atom is -0.360 e. The number of benzene rings is 1. The molecular formula is C18H19N5O2. The van der Waals surface area contributed by atoms with Gasteiger partial charge in [-0.1, -0.05) is 31.1 Å². The fourth-order valence-electron chi connectivity index (χ4n) is 2.25. The van der Waals surface area contributed by atoms with Gasteiger partial charge in [-0.05, 0) is 30.5 Å². The molecule has 0 aliphatic rings. The van der Waals surface area contributed by atoms with Crippen molar-refractivity contribution in [1.82, 2.24) is 15.1 Å². The summed E-state index contributed by atoms with van der Waals surface area (Å²) in [7, 11) is 0. The van der Waals surface area contributed by atoms with Crippen LogP contribution in [0.25, 0.3) is 0 Å². The average molecular weight is 337 g/mol. The lowest BCUT2D eigenvalue weighted by atomic mass is 10.0.